The lowest BCUT2D eigenvalue weighted by Gasteiger charge is -2.32. The molecule has 1 aromatic rings. The van der Waals surface area contributed by atoms with Crippen LogP contribution < -0.4 is 16.4 Å². The molecule has 0 spiro atoms. The Hall–Kier alpha value is -1.78. The van der Waals surface area contributed by atoms with Gasteiger partial charge in [-0.25, -0.2) is 4.98 Å². The molecular formula is C12H18N4O. The summed E-state index contributed by atoms with van der Waals surface area (Å²) in [7, 11) is 0. The number of carbonyl (C=O) groups is 1. The van der Waals surface area contributed by atoms with Crippen molar-refractivity contribution in [3.63, 3.8) is 0 Å². The number of anilines is 2. The molecule has 1 aliphatic heterocycles. The number of hydrogen-bond acceptors (Lipinski definition) is 4. The zero-order valence-corrected chi connectivity index (χ0v) is 9.80. The van der Waals surface area contributed by atoms with Gasteiger partial charge in [-0.1, -0.05) is 0 Å². The predicted molar refractivity (Wildman–Crippen MR) is 67.4 cm³/mol. The van der Waals surface area contributed by atoms with Crippen molar-refractivity contribution in [2.75, 3.05) is 23.7 Å². The van der Waals surface area contributed by atoms with Gasteiger partial charge in [-0.15, -0.1) is 0 Å². The molecule has 0 radical (unpaired) electrons. The van der Waals surface area contributed by atoms with E-state index < -0.39 is 0 Å². The zero-order chi connectivity index (χ0) is 12.3. The summed E-state index contributed by atoms with van der Waals surface area (Å²) in [5.74, 6) is 1.14. The summed E-state index contributed by atoms with van der Waals surface area (Å²) in [6.45, 7) is 1.82. The molecule has 1 saturated heterocycles. The molecule has 0 aliphatic carbocycles. The molecule has 1 aliphatic rings. The maximum Gasteiger partial charge on any atom is 0.217 e. The zero-order valence-electron chi connectivity index (χ0n) is 9.80. The highest BCUT2D eigenvalue weighted by Crippen LogP contribution is 2.24. The standard InChI is InChI=1S/C12H18N4O/c13-10-1-4-15-12(8-10)16-5-2-9(3-6-16)7-11(14)17/h1,4,8-9H,2-3,5-7H2,(H2,13,15)(H2,14,17). The Kier molecular flexibility index (Phi) is 3.46. The third-order valence-electron chi connectivity index (χ3n) is 3.20. The van der Waals surface area contributed by atoms with E-state index in [1.165, 1.54) is 0 Å². The van der Waals surface area contributed by atoms with Gasteiger partial charge in [0.1, 0.15) is 5.82 Å². The van der Waals surface area contributed by atoms with Crippen molar-refractivity contribution < 1.29 is 4.79 Å². The van der Waals surface area contributed by atoms with Crippen LogP contribution in [0.4, 0.5) is 11.5 Å². The summed E-state index contributed by atoms with van der Waals surface area (Å²) in [5.41, 5.74) is 11.7. The van der Waals surface area contributed by atoms with Gasteiger partial charge in [0.25, 0.3) is 0 Å². The molecule has 4 N–H and O–H groups in total. The molecule has 1 fully saturated rings. The SMILES string of the molecule is NC(=O)CC1CCN(c2cc(N)ccn2)CC1. The summed E-state index contributed by atoms with van der Waals surface area (Å²) in [6.07, 6.45) is 4.19. The van der Waals surface area contributed by atoms with Gasteiger partial charge < -0.3 is 16.4 Å². The fraction of sp³-hybridized carbons (Fsp3) is 0.500. The maximum absolute atomic E-state index is 10.8. The van der Waals surface area contributed by atoms with E-state index in [2.05, 4.69) is 9.88 Å². The van der Waals surface area contributed by atoms with E-state index in [-0.39, 0.29) is 5.91 Å². The van der Waals surface area contributed by atoms with Gasteiger partial charge in [-0.2, -0.15) is 0 Å². The third-order valence-corrected chi connectivity index (χ3v) is 3.20. The summed E-state index contributed by atoms with van der Waals surface area (Å²) in [5, 5.41) is 0. The van der Waals surface area contributed by atoms with Crippen molar-refractivity contribution in [1.29, 1.82) is 0 Å². The molecule has 2 heterocycles. The lowest BCUT2D eigenvalue weighted by Crippen LogP contribution is -2.35. The smallest absolute Gasteiger partial charge is 0.217 e. The second kappa shape index (κ2) is 5.03. The Labute approximate surface area is 101 Å². The molecule has 0 atom stereocenters. The Morgan fingerprint density at radius 3 is 2.76 bits per heavy atom. The van der Waals surface area contributed by atoms with Crippen LogP contribution in [0.1, 0.15) is 19.3 Å². The average molecular weight is 234 g/mol. The van der Waals surface area contributed by atoms with E-state index in [1.54, 1.807) is 12.3 Å². The average Bonchev–Trinajstić information content (AvgIpc) is 2.29. The normalized spacial score (nSPS) is 17.1. The molecule has 0 bridgehead atoms. The second-order valence-electron chi connectivity index (χ2n) is 4.55. The van der Waals surface area contributed by atoms with Crippen LogP contribution in [0.5, 0.6) is 0 Å². The molecule has 0 unspecified atom stereocenters. The first-order valence-electron chi connectivity index (χ1n) is 5.90. The van der Waals surface area contributed by atoms with Crippen molar-refractivity contribution in [2.24, 2.45) is 11.7 Å². The first kappa shape index (κ1) is 11.7. The summed E-state index contributed by atoms with van der Waals surface area (Å²) in [6, 6.07) is 3.66. The molecule has 17 heavy (non-hydrogen) atoms. The minimum absolute atomic E-state index is 0.203. The highest BCUT2D eigenvalue weighted by atomic mass is 16.1. The fourth-order valence-corrected chi connectivity index (χ4v) is 2.26. The summed E-state index contributed by atoms with van der Waals surface area (Å²) in [4.78, 5) is 17.3. The molecule has 2 rings (SSSR count). The quantitative estimate of drug-likeness (QED) is 0.808. The van der Waals surface area contributed by atoms with Gasteiger partial charge in [0.2, 0.25) is 5.91 Å². The number of nitrogens with two attached hydrogens (primary N) is 2. The highest BCUT2D eigenvalue weighted by molar-refractivity contribution is 5.74. The fourth-order valence-electron chi connectivity index (χ4n) is 2.26. The molecular weight excluding hydrogens is 216 g/mol. The number of primary amides is 1. The van der Waals surface area contributed by atoms with Crippen molar-refractivity contribution in [3.8, 4) is 0 Å². The van der Waals surface area contributed by atoms with Crippen LogP contribution in [-0.4, -0.2) is 24.0 Å². The van der Waals surface area contributed by atoms with Crippen LogP contribution in [0.25, 0.3) is 0 Å². The molecule has 92 valence electrons. The van der Waals surface area contributed by atoms with Crippen molar-refractivity contribution in [2.45, 2.75) is 19.3 Å². The lowest BCUT2D eigenvalue weighted by molar-refractivity contribution is -0.119. The van der Waals surface area contributed by atoms with Crippen LogP contribution in [0.3, 0.4) is 0 Å². The summed E-state index contributed by atoms with van der Waals surface area (Å²) >= 11 is 0. The van der Waals surface area contributed by atoms with Crippen LogP contribution in [-0.2, 0) is 4.79 Å². The van der Waals surface area contributed by atoms with Gasteiger partial charge in [0.05, 0.1) is 0 Å². The Morgan fingerprint density at radius 1 is 1.47 bits per heavy atom. The van der Waals surface area contributed by atoms with Crippen molar-refractivity contribution >= 4 is 17.4 Å². The minimum Gasteiger partial charge on any atom is -0.399 e. The molecule has 1 aromatic heterocycles. The van der Waals surface area contributed by atoms with Crippen LogP contribution in [0, 0.1) is 5.92 Å². The van der Waals surface area contributed by atoms with E-state index in [0.29, 0.717) is 12.3 Å². The number of aromatic nitrogens is 1. The van der Waals surface area contributed by atoms with Gasteiger partial charge in [0, 0.05) is 37.5 Å². The predicted octanol–water partition coefficient (Wildman–Crippen LogP) is 0.756. The number of nitrogen functional groups attached to an aromatic ring is 1. The van der Waals surface area contributed by atoms with Gasteiger partial charge in [-0.3, -0.25) is 4.79 Å². The number of amides is 1. The van der Waals surface area contributed by atoms with E-state index in [4.69, 9.17) is 11.5 Å². The van der Waals surface area contributed by atoms with Gasteiger partial charge in [-0.05, 0) is 24.8 Å². The van der Waals surface area contributed by atoms with Crippen LogP contribution in [0.15, 0.2) is 18.3 Å². The third kappa shape index (κ3) is 3.09. The highest BCUT2D eigenvalue weighted by Gasteiger charge is 2.21. The van der Waals surface area contributed by atoms with Crippen LogP contribution >= 0.6 is 0 Å². The molecule has 5 nitrogen and oxygen atoms in total. The number of carbonyl (C=O) groups excluding carboxylic acids is 1. The van der Waals surface area contributed by atoms with Gasteiger partial charge >= 0.3 is 0 Å². The number of pyridine rings is 1. The van der Waals surface area contributed by atoms with E-state index in [0.717, 1.165) is 37.4 Å². The molecule has 0 aromatic carbocycles. The molecule has 5 heteroatoms. The van der Waals surface area contributed by atoms with E-state index in [9.17, 15) is 4.79 Å². The van der Waals surface area contributed by atoms with E-state index >= 15 is 0 Å². The number of piperidine rings is 1. The second-order valence-corrected chi connectivity index (χ2v) is 4.55. The first-order valence-corrected chi connectivity index (χ1v) is 5.90. The summed E-state index contributed by atoms with van der Waals surface area (Å²) < 4.78 is 0. The minimum atomic E-state index is -0.203. The number of nitrogens with zero attached hydrogens (tertiary/aromatic N) is 2. The maximum atomic E-state index is 10.8. The topological polar surface area (TPSA) is 85.2 Å². The van der Waals surface area contributed by atoms with E-state index in [1.807, 2.05) is 6.07 Å². The number of rotatable bonds is 3. The monoisotopic (exact) mass is 234 g/mol. The lowest BCUT2D eigenvalue weighted by atomic mass is 9.93. The van der Waals surface area contributed by atoms with Crippen LogP contribution in [0.2, 0.25) is 0 Å². The molecule has 0 saturated carbocycles. The largest absolute Gasteiger partial charge is 0.399 e. The molecule has 1 amide bonds. The Bertz CT molecular complexity index is 399. The Balaban J connectivity index is 1.93. The van der Waals surface area contributed by atoms with Crippen molar-refractivity contribution in [3.05, 3.63) is 18.3 Å². The van der Waals surface area contributed by atoms with Crippen molar-refractivity contribution in [1.82, 2.24) is 4.98 Å². The Morgan fingerprint density at radius 2 is 2.18 bits per heavy atom. The first-order chi connectivity index (χ1) is 8.15. The number of hydrogen-bond donors (Lipinski definition) is 2. The van der Waals surface area contributed by atoms with Gasteiger partial charge in [0.15, 0.2) is 0 Å².